The van der Waals surface area contributed by atoms with Crippen molar-refractivity contribution in [2.75, 3.05) is 18.6 Å². The van der Waals surface area contributed by atoms with E-state index in [4.69, 9.17) is 23.2 Å². The van der Waals surface area contributed by atoms with Crippen LogP contribution in [0.1, 0.15) is 12.0 Å². The summed E-state index contributed by atoms with van der Waals surface area (Å²) < 4.78 is 22.9. The highest BCUT2D eigenvalue weighted by Gasteiger charge is 2.28. The van der Waals surface area contributed by atoms with Gasteiger partial charge >= 0.3 is 0 Å². The van der Waals surface area contributed by atoms with Gasteiger partial charge in [-0.2, -0.15) is 0 Å². The van der Waals surface area contributed by atoms with Crippen molar-refractivity contribution in [2.45, 2.75) is 19.0 Å². The van der Waals surface area contributed by atoms with Gasteiger partial charge < -0.3 is 10.6 Å². The molecule has 1 heterocycles. The molecule has 1 aromatic rings. The Hall–Kier alpha value is -0.250. The van der Waals surface area contributed by atoms with E-state index in [-0.39, 0.29) is 41.5 Å². The minimum atomic E-state index is -2.91. The largest absolute Gasteiger partial charge is 0.353 e. The van der Waals surface area contributed by atoms with Gasteiger partial charge in [-0.3, -0.25) is 4.99 Å². The van der Waals surface area contributed by atoms with Crippen molar-refractivity contribution in [3.8, 4) is 0 Å². The van der Waals surface area contributed by atoms with Crippen LogP contribution in [0.15, 0.2) is 23.2 Å². The highest BCUT2D eigenvalue weighted by molar-refractivity contribution is 14.0. The van der Waals surface area contributed by atoms with E-state index in [1.165, 1.54) is 0 Å². The molecule has 2 N–H and O–H groups in total. The minimum Gasteiger partial charge on any atom is -0.353 e. The fourth-order valence-electron chi connectivity index (χ4n) is 2.14. The molecule has 0 amide bonds. The first-order valence-electron chi connectivity index (χ1n) is 6.51. The van der Waals surface area contributed by atoms with Crippen molar-refractivity contribution in [3.63, 3.8) is 0 Å². The zero-order chi connectivity index (χ0) is 15.5. The van der Waals surface area contributed by atoms with Crippen LogP contribution in [-0.4, -0.2) is 39.0 Å². The summed E-state index contributed by atoms with van der Waals surface area (Å²) in [5.41, 5.74) is 0.892. The summed E-state index contributed by atoms with van der Waals surface area (Å²) in [6, 6.07) is 5.19. The molecule has 0 spiro atoms. The monoisotopic (exact) mass is 477 g/mol. The van der Waals surface area contributed by atoms with Crippen LogP contribution < -0.4 is 10.6 Å². The van der Waals surface area contributed by atoms with Gasteiger partial charge in [-0.25, -0.2) is 8.42 Å². The predicted molar refractivity (Wildman–Crippen MR) is 102 cm³/mol. The fraction of sp³-hybridized carbons (Fsp3) is 0.462. The van der Waals surface area contributed by atoms with Crippen LogP contribution in [0.25, 0.3) is 0 Å². The number of sulfone groups is 1. The first kappa shape index (κ1) is 19.8. The first-order chi connectivity index (χ1) is 9.89. The maximum atomic E-state index is 11.4. The summed E-state index contributed by atoms with van der Waals surface area (Å²) in [5, 5.41) is 7.39. The zero-order valence-corrected chi connectivity index (χ0v) is 16.6. The first-order valence-corrected chi connectivity index (χ1v) is 9.09. The molecule has 5 nitrogen and oxygen atoms in total. The molecule has 1 atom stereocenters. The van der Waals surface area contributed by atoms with E-state index in [1.54, 1.807) is 19.2 Å². The van der Waals surface area contributed by atoms with Crippen LogP contribution in [0.4, 0.5) is 0 Å². The molecule has 124 valence electrons. The third kappa shape index (κ3) is 5.75. The molecular formula is C13H18Cl2IN3O2S. The normalized spacial score (nSPS) is 20.3. The molecule has 1 aromatic carbocycles. The molecule has 22 heavy (non-hydrogen) atoms. The number of nitrogens with one attached hydrogen (secondary N) is 2. The Kier molecular flexibility index (Phi) is 7.70. The zero-order valence-electron chi connectivity index (χ0n) is 12.0. The van der Waals surface area contributed by atoms with Gasteiger partial charge in [0.05, 0.1) is 11.5 Å². The molecule has 0 radical (unpaired) electrons. The molecule has 1 aliphatic heterocycles. The Balaban J connectivity index is 0.00000242. The second-order valence-corrected chi connectivity index (χ2v) is 7.98. The number of guanidine groups is 1. The van der Waals surface area contributed by atoms with Gasteiger partial charge in [0, 0.05) is 29.7 Å². The van der Waals surface area contributed by atoms with Gasteiger partial charge in [0.2, 0.25) is 0 Å². The Morgan fingerprint density at radius 2 is 2.14 bits per heavy atom. The molecule has 0 bridgehead atoms. The third-order valence-electron chi connectivity index (χ3n) is 3.26. The molecule has 0 aromatic heterocycles. The highest BCUT2D eigenvalue weighted by Crippen LogP contribution is 2.20. The van der Waals surface area contributed by atoms with Crippen LogP contribution in [0.5, 0.6) is 0 Å². The number of rotatable bonds is 3. The van der Waals surface area contributed by atoms with Crippen LogP contribution in [0.2, 0.25) is 10.0 Å². The lowest BCUT2D eigenvalue weighted by atomic mass is 10.2. The molecule has 0 aliphatic carbocycles. The Morgan fingerprint density at radius 3 is 2.68 bits per heavy atom. The van der Waals surface area contributed by atoms with E-state index in [1.807, 2.05) is 6.07 Å². The molecule has 1 aliphatic rings. The smallest absolute Gasteiger partial charge is 0.191 e. The lowest BCUT2D eigenvalue weighted by molar-refractivity contribution is 0.599. The topological polar surface area (TPSA) is 70.6 Å². The molecule has 1 unspecified atom stereocenters. The van der Waals surface area contributed by atoms with Gasteiger partial charge in [-0.05, 0) is 24.1 Å². The summed E-state index contributed by atoms with van der Waals surface area (Å²) in [4.78, 5) is 4.09. The summed E-state index contributed by atoms with van der Waals surface area (Å²) in [6.07, 6.45) is 0.602. The lowest BCUT2D eigenvalue weighted by Gasteiger charge is -2.16. The second-order valence-electron chi connectivity index (χ2n) is 4.91. The molecule has 0 saturated carbocycles. The standard InChI is InChI=1S/C13H17Cl2N3O2S.HI/c1-16-13(18-11-4-5-21(19,20)8-11)17-7-9-2-3-10(14)6-12(9)15;/h2-3,6,11H,4-5,7-8H2,1H3,(H2,16,17,18);1H. The van der Waals surface area contributed by atoms with Crippen molar-refractivity contribution in [1.82, 2.24) is 10.6 Å². The van der Waals surface area contributed by atoms with E-state index >= 15 is 0 Å². The summed E-state index contributed by atoms with van der Waals surface area (Å²) >= 11 is 11.9. The van der Waals surface area contributed by atoms with E-state index in [0.717, 1.165) is 5.56 Å². The van der Waals surface area contributed by atoms with Gasteiger partial charge in [0.15, 0.2) is 15.8 Å². The van der Waals surface area contributed by atoms with Crippen molar-refractivity contribution in [2.24, 2.45) is 4.99 Å². The summed E-state index contributed by atoms with van der Waals surface area (Å²) in [6.45, 7) is 0.481. The number of nitrogens with zero attached hydrogens (tertiary/aromatic N) is 1. The van der Waals surface area contributed by atoms with Gasteiger partial charge in [-0.1, -0.05) is 29.3 Å². The van der Waals surface area contributed by atoms with E-state index in [9.17, 15) is 8.42 Å². The maximum absolute atomic E-state index is 11.4. The maximum Gasteiger partial charge on any atom is 0.191 e. The number of aliphatic imine (C=N–C) groups is 1. The number of benzene rings is 1. The molecule has 1 saturated heterocycles. The van der Waals surface area contributed by atoms with E-state index in [0.29, 0.717) is 29.0 Å². The van der Waals surface area contributed by atoms with E-state index < -0.39 is 9.84 Å². The van der Waals surface area contributed by atoms with Crippen LogP contribution in [-0.2, 0) is 16.4 Å². The molecule has 9 heteroatoms. The number of hydrogen-bond donors (Lipinski definition) is 2. The number of hydrogen-bond acceptors (Lipinski definition) is 3. The van der Waals surface area contributed by atoms with Crippen LogP contribution in [0.3, 0.4) is 0 Å². The van der Waals surface area contributed by atoms with Gasteiger partial charge in [-0.15, -0.1) is 24.0 Å². The number of halogens is 3. The van der Waals surface area contributed by atoms with Gasteiger partial charge in [0.25, 0.3) is 0 Å². The average Bonchev–Trinajstić information content (AvgIpc) is 2.75. The van der Waals surface area contributed by atoms with Crippen molar-refractivity contribution in [3.05, 3.63) is 33.8 Å². The van der Waals surface area contributed by atoms with Crippen LogP contribution >= 0.6 is 47.2 Å². The van der Waals surface area contributed by atoms with Crippen molar-refractivity contribution >= 4 is 63.0 Å². The van der Waals surface area contributed by atoms with Crippen molar-refractivity contribution in [1.29, 1.82) is 0 Å². The molecular weight excluding hydrogens is 460 g/mol. The summed E-state index contributed by atoms with van der Waals surface area (Å²) in [7, 11) is -1.27. The predicted octanol–water partition coefficient (Wildman–Crippen LogP) is 2.46. The Labute approximate surface area is 157 Å². The molecule has 1 fully saturated rings. The Morgan fingerprint density at radius 1 is 1.41 bits per heavy atom. The molecule has 2 rings (SSSR count). The quantitative estimate of drug-likeness (QED) is 0.398. The fourth-order valence-corrected chi connectivity index (χ4v) is 4.29. The minimum absolute atomic E-state index is 0. The Bertz CT molecular complexity index is 653. The summed E-state index contributed by atoms with van der Waals surface area (Å²) in [5.74, 6) is 0.934. The average molecular weight is 478 g/mol. The second kappa shape index (κ2) is 8.56. The highest BCUT2D eigenvalue weighted by atomic mass is 127. The SMILES string of the molecule is CN=C(NCc1ccc(Cl)cc1Cl)NC1CCS(=O)(=O)C1.I. The van der Waals surface area contributed by atoms with E-state index in [2.05, 4.69) is 15.6 Å². The van der Waals surface area contributed by atoms with Gasteiger partial charge in [0.1, 0.15) is 0 Å². The lowest BCUT2D eigenvalue weighted by Crippen LogP contribution is -2.43. The van der Waals surface area contributed by atoms with Crippen molar-refractivity contribution < 1.29 is 8.42 Å². The third-order valence-corrected chi connectivity index (χ3v) is 5.61. The van der Waals surface area contributed by atoms with Crippen LogP contribution in [0, 0.1) is 0 Å².